The van der Waals surface area contributed by atoms with Crippen molar-refractivity contribution in [2.24, 2.45) is 0 Å². The van der Waals surface area contributed by atoms with Crippen molar-refractivity contribution in [3.05, 3.63) is 70.7 Å². The number of ether oxygens (including phenoxy) is 3. The summed E-state index contributed by atoms with van der Waals surface area (Å²) in [5.41, 5.74) is 2.59. The molecule has 0 saturated carbocycles. The van der Waals surface area contributed by atoms with E-state index >= 15 is 0 Å². The Bertz CT molecular complexity index is 1590. The summed E-state index contributed by atoms with van der Waals surface area (Å²) in [5.74, 6) is 0.179. The van der Waals surface area contributed by atoms with Crippen molar-refractivity contribution < 1.29 is 22.6 Å². The summed E-state index contributed by atoms with van der Waals surface area (Å²) in [7, 11) is -1.04. The van der Waals surface area contributed by atoms with Gasteiger partial charge in [-0.1, -0.05) is 0 Å². The molecule has 0 spiro atoms. The van der Waals surface area contributed by atoms with Gasteiger partial charge < -0.3 is 14.2 Å². The smallest absolute Gasteiger partial charge is 0.300 e. The number of methoxy groups -OCH3 is 2. The predicted octanol–water partition coefficient (Wildman–Crippen LogP) is 2.60. The van der Waals surface area contributed by atoms with Gasteiger partial charge in [-0.15, -0.1) is 0 Å². The highest BCUT2D eigenvalue weighted by molar-refractivity contribution is 7.92. The molecule has 0 aromatic carbocycles. The number of sulfonamides is 1. The number of hydrogen-bond donors (Lipinski definition) is 1. The van der Waals surface area contributed by atoms with E-state index in [4.69, 9.17) is 14.2 Å². The average molecular weight is 512 g/mol. The van der Waals surface area contributed by atoms with Gasteiger partial charge in [0.1, 0.15) is 22.8 Å². The maximum Gasteiger partial charge on any atom is 0.300 e. The van der Waals surface area contributed by atoms with Gasteiger partial charge in [-0.3, -0.25) is 18.9 Å². The molecule has 0 unspecified atom stereocenters. The molecular formula is C24H25N5O6S. The van der Waals surface area contributed by atoms with E-state index in [2.05, 4.69) is 19.7 Å². The molecule has 11 nitrogen and oxygen atoms in total. The molecule has 0 radical (unpaired) electrons. The van der Waals surface area contributed by atoms with Crippen LogP contribution in [0, 0.1) is 13.8 Å². The first-order valence-electron chi connectivity index (χ1n) is 10.9. The highest BCUT2D eigenvalue weighted by atomic mass is 32.2. The van der Waals surface area contributed by atoms with Crippen LogP contribution in [0.15, 0.2) is 58.7 Å². The number of nitrogens with zero attached hydrogens (tertiary/aromatic N) is 4. The Hall–Kier alpha value is -4.03. The predicted molar refractivity (Wildman–Crippen MR) is 133 cm³/mol. The maximum absolute atomic E-state index is 13.1. The number of hydrogen-bond acceptors (Lipinski definition) is 9. The van der Waals surface area contributed by atoms with Gasteiger partial charge in [0.25, 0.3) is 15.6 Å². The number of aromatic nitrogens is 4. The van der Waals surface area contributed by atoms with Crippen LogP contribution < -0.4 is 19.8 Å². The lowest BCUT2D eigenvalue weighted by atomic mass is 10.1. The molecule has 4 rings (SSSR count). The number of anilines is 1. The third-order valence-corrected chi connectivity index (χ3v) is 6.82. The van der Waals surface area contributed by atoms with Crippen molar-refractivity contribution in [2.75, 3.05) is 32.2 Å². The zero-order valence-electron chi connectivity index (χ0n) is 20.2. The molecule has 4 aromatic rings. The monoisotopic (exact) mass is 511 g/mol. The number of fused-ring (bicyclic) bond motifs is 1. The summed E-state index contributed by atoms with van der Waals surface area (Å²) >= 11 is 0. The fourth-order valence-electron chi connectivity index (χ4n) is 3.58. The van der Waals surface area contributed by atoms with E-state index in [1.807, 2.05) is 0 Å². The van der Waals surface area contributed by atoms with Crippen LogP contribution in [0.5, 0.6) is 11.6 Å². The Balaban J connectivity index is 1.73. The Morgan fingerprint density at radius 1 is 0.972 bits per heavy atom. The van der Waals surface area contributed by atoms with Crippen molar-refractivity contribution >= 4 is 21.4 Å². The summed E-state index contributed by atoms with van der Waals surface area (Å²) in [6, 6.07) is 6.70. The Labute approximate surface area is 207 Å². The van der Waals surface area contributed by atoms with E-state index in [0.717, 1.165) is 0 Å². The largest absolute Gasteiger partial charge is 0.484 e. The van der Waals surface area contributed by atoms with E-state index in [1.165, 1.54) is 37.2 Å². The van der Waals surface area contributed by atoms with Gasteiger partial charge in [0.05, 0.1) is 19.9 Å². The van der Waals surface area contributed by atoms with Crippen LogP contribution in [0.3, 0.4) is 0 Å². The van der Waals surface area contributed by atoms with Crippen LogP contribution in [0.1, 0.15) is 11.3 Å². The van der Waals surface area contributed by atoms with Crippen LogP contribution in [-0.4, -0.2) is 55.2 Å². The molecule has 0 fully saturated rings. The molecule has 0 amide bonds. The van der Waals surface area contributed by atoms with Gasteiger partial charge >= 0.3 is 0 Å². The Morgan fingerprint density at radius 3 is 2.50 bits per heavy atom. The minimum absolute atomic E-state index is 0.0462. The second-order valence-electron chi connectivity index (χ2n) is 7.89. The van der Waals surface area contributed by atoms with Gasteiger partial charge in [-0.05, 0) is 43.7 Å². The van der Waals surface area contributed by atoms with E-state index in [0.29, 0.717) is 34.6 Å². The summed E-state index contributed by atoms with van der Waals surface area (Å²) in [4.78, 5) is 25.6. The van der Waals surface area contributed by atoms with Crippen LogP contribution in [-0.2, 0) is 14.8 Å². The van der Waals surface area contributed by atoms with Crippen molar-refractivity contribution in [3.8, 4) is 22.8 Å². The molecule has 188 valence electrons. The highest BCUT2D eigenvalue weighted by Gasteiger charge is 2.21. The normalized spacial score (nSPS) is 11.4. The third-order valence-electron chi connectivity index (χ3n) is 5.33. The number of rotatable bonds is 9. The maximum atomic E-state index is 13.1. The van der Waals surface area contributed by atoms with Crippen LogP contribution in [0.25, 0.3) is 16.8 Å². The molecule has 0 aliphatic rings. The Kier molecular flexibility index (Phi) is 7.17. The van der Waals surface area contributed by atoms with E-state index in [9.17, 15) is 13.2 Å². The molecular weight excluding hydrogens is 486 g/mol. The standard InChI is InChI=1S/C24H25N5O6S/c1-15-9-16(2)25-13-21(15)36(31,32)28-19-10-18(11-27-23(19)34-4)17-5-6-22-26-12-20(35-8-7-33-3)24(30)29(22)14-17/h5-6,9-14,28H,7-8H2,1-4H3. The van der Waals surface area contributed by atoms with Crippen molar-refractivity contribution in [3.63, 3.8) is 0 Å². The van der Waals surface area contributed by atoms with Gasteiger partial charge in [-0.2, -0.15) is 0 Å². The minimum Gasteiger partial charge on any atom is -0.484 e. The molecule has 0 saturated heterocycles. The molecule has 12 heteroatoms. The topological polar surface area (TPSA) is 134 Å². The fourth-order valence-corrected chi connectivity index (χ4v) is 4.80. The van der Waals surface area contributed by atoms with E-state index in [-0.39, 0.29) is 34.4 Å². The van der Waals surface area contributed by atoms with E-state index in [1.54, 1.807) is 44.3 Å². The first kappa shape index (κ1) is 25.1. The quantitative estimate of drug-likeness (QED) is 0.337. The third kappa shape index (κ3) is 5.14. The number of nitrogens with one attached hydrogen (secondary N) is 1. The van der Waals surface area contributed by atoms with Crippen LogP contribution in [0.2, 0.25) is 0 Å². The molecule has 0 aliphatic heterocycles. The summed E-state index contributed by atoms with van der Waals surface area (Å²) in [6.07, 6.45) is 5.79. The molecule has 0 bridgehead atoms. The molecule has 4 heterocycles. The lowest BCUT2D eigenvalue weighted by Gasteiger charge is -2.14. The van der Waals surface area contributed by atoms with Crippen molar-refractivity contribution in [1.82, 2.24) is 19.4 Å². The van der Waals surface area contributed by atoms with Gasteiger partial charge in [0.2, 0.25) is 11.6 Å². The van der Waals surface area contributed by atoms with Crippen LogP contribution >= 0.6 is 0 Å². The van der Waals surface area contributed by atoms with E-state index < -0.39 is 10.0 Å². The summed E-state index contributed by atoms with van der Waals surface area (Å²) in [6.45, 7) is 4.02. The van der Waals surface area contributed by atoms with Crippen molar-refractivity contribution in [1.29, 1.82) is 0 Å². The summed E-state index contributed by atoms with van der Waals surface area (Å²) < 4.78 is 45.8. The van der Waals surface area contributed by atoms with Crippen LogP contribution in [0.4, 0.5) is 5.69 Å². The van der Waals surface area contributed by atoms with Gasteiger partial charge in [-0.25, -0.2) is 18.4 Å². The minimum atomic E-state index is -3.97. The molecule has 1 N–H and O–H groups in total. The molecule has 36 heavy (non-hydrogen) atoms. The molecule has 0 aliphatic carbocycles. The Morgan fingerprint density at radius 2 is 1.78 bits per heavy atom. The highest BCUT2D eigenvalue weighted by Crippen LogP contribution is 2.30. The zero-order valence-corrected chi connectivity index (χ0v) is 21.0. The first-order chi connectivity index (χ1) is 17.2. The zero-order chi connectivity index (χ0) is 25.9. The average Bonchev–Trinajstić information content (AvgIpc) is 2.85. The number of pyridine rings is 3. The second kappa shape index (κ2) is 10.3. The second-order valence-corrected chi connectivity index (χ2v) is 9.54. The molecule has 4 aromatic heterocycles. The molecule has 0 atom stereocenters. The van der Waals surface area contributed by atoms with Gasteiger partial charge in [0, 0.05) is 42.5 Å². The first-order valence-corrected chi connectivity index (χ1v) is 12.4. The van der Waals surface area contributed by atoms with Gasteiger partial charge in [0.15, 0.2) is 0 Å². The lowest BCUT2D eigenvalue weighted by molar-refractivity contribution is 0.145. The van der Waals surface area contributed by atoms with Crippen molar-refractivity contribution in [2.45, 2.75) is 18.7 Å². The lowest BCUT2D eigenvalue weighted by Crippen LogP contribution is -2.19. The fraction of sp³-hybridized carbons (Fsp3) is 0.250. The summed E-state index contributed by atoms with van der Waals surface area (Å²) in [5, 5.41) is 0. The number of aryl methyl sites for hydroxylation is 2. The SMILES string of the molecule is COCCOc1cnc2ccc(-c3cnc(OC)c(NS(=O)(=O)c4cnc(C)cc4C)c3)cn2c1=O.